The molecule has 104 valence electrons. The Morgan fingerprint density at radius 3 is 2.94 bits per heavy atom. The smallest absolute Gasteiger partial charge is 0.223 e. The first-order chi connectivity index (χ1) is 8.72. The molecule has 5 heteroatoms. The Balaban J connectivity index is 1.69. The lowest BCUT2D eigenvalue weighted by Gasteiger charge is -2.37. The largest absolute Gasteiger partial charge is 0.378 e. The first-order valence-electron chi connectivity index (χ1n) is 6.94. The molecule has 5 nitrogen and oxygen atoms in total. The van der Waals surface area contributed by atoms with E-state index in [0.29, 0.717) is 44.7 Å². The third-order valence-corrected chi connectivity index (χ3v) is 3.81. The molecule has 1 atom stereocenters. The topological polar surface area (TPSA) is 64.8 Å². The van der Waals surface area contributed by atoms with E-state index < -0.39 is 0 Å². The van der Waals surface area contributed by atoms with Gasteiger partial charge in [-0.2, -0.15) is 0 Å². The molecule has 1 aliphatic carbocycles. The summed E-state index contributed by atoms with van der Waals surface area (Å²) in [4.78, 5) is 14.0. The second-order valence-electron chi connectivity index (χ2n) is 5.19. The van der Waals surface area contributed by atoms with E-state index in [2.05, 4.69) is 0 Å². The van der Waals surface area contributed by atoms with Crippen LogP contribution in [0.1, 0.15) is 26.2 Å². The molecule has 0 radical (unpaired) electrons. The quantitative estimate of drug-likeness (QED) is 0.772. The molecule has 1 saturated carbocycles. The van der Waals surface area contributed by atoms with Crippen molar-refractivity contribution in [1.29, 1.82) is 0 Å². The van der Waals surface area contributed by atoms with Crippen LogP contribution in [0.5, 0.6) is 0 Å². The molecule has 1 amide bonds. The average molecular weight is 256 g/mol. The number of carbonyl (C=O) groups is 1. The van der Waals surface area contributed by atoms with E-state index in [4.69, 9.17) is 15.2 Å². The number of rotatable bonds is 5. The standard InChI is InChI=1S/C13H24N2O3/c1-2-17-11-5-10(6-11)7-13(16)15-3-4-18-12(8-14)9-15/h10-12H,2-9,14H2,1H3. The van der Waals surface area contributed by atoms with Gasteiger partial charge in [-0.1, -0.05) is 0 Å². The van der Waals surface area contributed by atoms with E-state index in [-0.39, 0.29) is 12.0 Å². The zero-order valence-electron chi connectivity index (χ0n) is 11.1. The maximum absolute atomic E-state index is 12.1. The van der Waals surface area contributed by atoms with Crippen molar-refractivity contribution < 1.29 is 14.3 Å². The summed E-state index contributed by atoms with van der Waals surface area (Å²) in [7, 11) is 0. The fraction of sp³-hybridized carbons (Fsp3) is 0.923. The first kappa shape index (κ1) is 13.8. The molecule has 2 rings (SSSR count). The predicted molar refractivity (Wildman–Crippen MR) is 68.1 cm³/mol. The van der Waals surface area contributed by atoms with Crippen molar-refractivity contribution in [3.63, 3.8) is 0 Å². The number of carbonyl (C=O) groups excluding carboxylic acids is 1. The molecule has 0 aromatic rings. The van der Waals surface area contributed by atoms with Gasteiger partial charge in [0.05, 0.1) is 18.8 Å². The van der Waals surface area contributed by atoms with Gasteiger partial charge in [-0.3, -0.25) is 4.79 Å². The number of hydrogen-bond acceptors (Lipinski definition) is 4. The third-order valence-electron chi connectivity index (χ3n) is 3.81. The van der Waals surface area contributed by atoms with E-state index in [0.717, 1.165) is 19.4 Å². The minimum Gasteiger partial charge on any atom is -0.378 e. The summed E-state index contributed by atoms with van der Waals surface area (Å²) in [6.07, 6.45) is 3.12. The second kappa shape index (κ2) is 6.50. The summed E-state index contributed by atoms with van der Waals surface area (Å²) in [5.41, 5.74) is 5.58. The lowest BCUT2D eigenvalue weighted by Crippen LogP contribution is -2.49. The fourth-order valence-corrected chi connectivity index (χ4v) is 2.68. The van der Waals surface area contributed by atoms with Gasteiger partial charge in [0, 0.05) is 32.7 Å². The zero-order chi connectivity index (χ0) is 13.0. The summed E-state index contributed by atoms with van der Waals surface area (Å²) in [6.45, 7) is 5.24. The minimum atomic E-state index is 0.0141. The predicted octanol–water partition coefficient (Wildman–Crippen LogP) is 0.378. The Labute approximate surface area is 109 Å². The summed E-state index contributed by atoms with van der Waals surface area (Å²) >= 11 is 0. The molecule has 0 aromatic heterocycles. The lowest BCUT2D eigenvalue weighted by molar-refractivity contribution is -0.141. The van der Waals surface area contributed by atoms with Gasteiger partial charge in [0.15, 0.2) is 0 Å². The van der Waals surface area contributed by atoms with Crippen molar-refractivity contribution >= 4 is 5.91 Å². The lowest BCUT2D eigenvalue weighted by atomic mass is 9.79. The van der Waals surface area contributed by atoms with Crippen molar-refractivity contribution in [2.24, 2.45) is 11.7 Å². The molecule has 18 heavy (non-hydrogen) atoms. The highest BCUT2D eigenvalue weighted by molar-refractivity contribution is 5.76. The zero-order valence-corrected chi connectivity index (χ0v) is 11.1. The van der Waals surface area contributed by atoms with Crippen LogP contribution in [0.15, 0.2) is 0 Å². The Bertz CT molecular complexity index is 279. The van der Waals surface area contributed by atoms with Gasteiger partial charge in [0.2, 0.25) is 5.91 Å². The summed E-state index contributed by atoms with van der Waals surface area (Å²) in [6, 6.07) is 0. The molecular weight excluding hydrogens is 232 g/mol. The van der Waals surface area contributed by atoms with Crippen LogP contribution in [0, 0.1) is 5.92 Å². The Hall–Kier alpha value is -0.650. The van der Waals surface area contributed by atoms with Gasteiger partial charge in [-0.25, -0.2) is 0 Å². The Morgan fingerprint density at radius 1 is 1.50 bits per heavy atom. The molecule has 0 bridgehead atoms. The highest BCUT2D eigenvalue weighted by Crippen LogP contribution is 2.33. The average Bonchev–Trinajstić information content (AvgIpc) is 2.36. The SMILES string of the molecule is CCOC1CC(CC(=O)N2CCOC(CN)C2)C1. The monoisotopic (exact) mass is 256 g/mol. The van der Waals surface area contributed by atoms with Gasteiger partial charge in [0.1, 0.15) is 0 Å². The molecule has 1 saturated heterocycles. The summed E-state index contributed by atoms with van der Waals surface area (Å²) in [5.74, 6) is 0.755. The number of nitrogens with zero attached hydrogens (tertiary/aromatic N) is 1. The number of amides is 1. The van der Waals surface area contributed by atoms with Crippen LogP contribution < -0.4 is 5.73 Å². The number of nitrogens with two attached hydrogens (primary N) is 1. The van der Waals surface area contributed by atoms with Gasteiger partial charge in [0.25, 0.3) is 0 Å². The van der Waals surface area contributed by atoms with E-state index >= 15 is 0 Å². The fourth-order valence-electron chi connectivity index (χ4n) is 2.68. The Kier molecular flexibility index (Phi) is 4.97. The molecular formula is C13H24N2O3. The van der Waals surface area contributed by atoms with E-state index in [1.54, 1.807) is 0 Å². The minimum absolute atomic E-state index is 0.0141. The van der Waals surface area contributed by atoms with Gasteiger partial charge in [-0.15, -0.1) is 0 Å². The van der Waals surface area contributed by atoms with E-state index in [1.165, 1.54) is 0 Å². The van der Waals surface area contributed by atoms with Crippen LogP contribution >= 0.6 is 0 Å². The molecule has 1 aliphatic heterocycles. The van der Waals surface area contributed by atoms with Crippen LogP contribution in [0.25, 0.3) is 0 Å². The van der Waals surface area contributed by atoms with E-state index in [1.807, 2.05) is 11.8 Å². The molecule has 2 aliphatic rings. The van der Waals surface area contributed by atoms with E-state index in [9.17, 15) is 4.79 Å². The molecule has 2 N–H and O–H groups in total. The Morgan fingerprint density at radius 2 is 2.28 bits per heavy atom. The number of ether oxygens (including phenoxy) is 2. The van der Waals surface area contributed by atoms with Crippen LogP contribution in [-0.2, 0) is 14.3 Å². The molecule has 2 fully saturated rings. The maximum atomic E-state index is 12.1. The normalized spacial score (nSPS) is 32.1. The highest BCUT2D eigenvalue weighted by atomic mass is 16.5. The van der Waals surface area contributed by atoms with Crippen LogP contribution in [0.4, 0.5) is 0 Å². The second-order valence-corrected chi connectivity index (χ2v) is 5.19. The summed E-state index contributed by atoms with van der Waals surface area (Å²) in [5, 5.41) is 0. The number of morpholine rings is 1. The van der Waals surface area contributed by atoms with Crippen molar-refractivity contribution in [2.45, 2.75) is 38.4 Å². The molecule has 1 unspecified atom stereocenters. The van der Waals surface area contributed by atoms with Crippen LogP contribution in [-0.4, -0.2) is 55.9 Å². The van der Waals surface area contributed by atoms with Crippen molar-refractivity contribution in [2.75, 3.05) is 32.8 Å². The number of hydrogen-bond donors (Lipinski definition) is 1. The summed E-state index contributed by atoms with van der Waals surface area (Å²) < 4.78 is 11.0. The van der Waals surface area contributed by atoms with Gasteiger partial charge < -0.3 is 20.1 Å². The highest BCUT2D eigenvalue weighted by Gasteiger charge is 2.33. The van der Waals surface area contributed by atoms with Crippen LogP contribution in [0.3, 0.4) is 0 Å². The third kappa shape index (κ3) is 3.43. The maximum Gasteiger partial charge on any atom is 0.223 e. The van der Waals surface area contributed by atoms with Crippen LogP contribution in [0.2, 0.25) is 0 Å². The molecule has 0 aromatic carbocycles. The van der Waals surface area contributed by atoms with Gasteiger partial charge in [-0.05, 0) is 25.7 Å². The van der Waals surface area contributed by atoms with Crippen molar-refractivity contribution in [3.05, 3.63) is 0 Å². The molecule has 1 heterocycles. The van der Waals surface area contributed by atoms with Crippen molar-refractivity contribution in [1.82, 2.24) is 4.90 Å². The molecule has 0 spiro atoms. The van der Waals surface area contributed by atoms with Gasteiger partial charge >= 0.3 is 0 Å². The van der Waals surface area contributed by atoms with Crippen molar-refractivity contribution in [3.8, 4) is 0 Å². The first-order valence-corrected chi connectivity index (χ1v) is 6.94.